The van der Waals surface area contributed by atoms with Gasteiger partial charge in [-0.2, -0.15) is 0 Å². The summed E-state index contributed by atoms with van der Waals surface area (Å²) in [5, 5.41) is 3.44. The number of methoxy groups -OCH3 is 1. The van der Waals surface area contributed by atoms with E-state index in [1.165, 1.54) is 19.3 Å². The Kier molecular flexibility index (Phi) is 5.01. The van der Waals surface area contributed by atoms with Crippen LogP contribution in [0.4, 0.5) is 0 Å². The second kappa shape index (κ2) is 6.53. The number of carbonyl (C=O) groups excluding carboxylic acids is 1. The topological polar surface area (TPSA) is 41.6 Å². The van der Waals surface area contributed by atoms with Crippen molar-refractivity contribution < 1.29 is 9.53 Å². The summed E-state index contributed by atoms with van der Waals surface area (Å²) in [5.41, 5.74) is 0. The van der Waals surface area contributed by atoms with E-state index in [4.69, 9.17) is 4.74 Å². The van der Waals surface area contributed by atoms with E-state index in [-0.39, 0.29) is 6.04 Å². The largest absolute Gasteiger partial charge is 0.384 e. The van der Waals surface area contributed by atoms with E-state index in [2.05, 4.69) is 12.2 Å². The predicted molar refractivity (Wildman–Crippen MR) is 71.4 cm³/mol. The van der Waals surface area contributed by atoms with Crippen molar-refractivity contribution in [2.24, 2.45) is 5.92 Å². The van der Waals surface area contributed by atoms with Crippen LogP contribution < -0.4 is 5.32 Å². The van der Waals surface area contributed by atoms with E-state index in [0.717, 1.165) is 32.5 Å². The Labute approximate surface area is 110 Å². The van der Waals surface area contributed by atoms with Crippen LogP contribution in [-0.2, 0) is 9.53 Å². The van der Waals surface area contributed by atoms with Gasteiger partial charge >= 0.3 is 0 Å². The summed E-state index contributed by atoms with van der Waals surface area (Å²) < 4.78 is 5.22. The number of hydrogen-bond donors (Lipinski definition) is 1. The second-order valence-electron chi connectivity index (χ2n) is 5.80. The van der Waals surface area contributed by atoms with Gasteiger partial charge in [0.1, 0.15) is 0 Å². The number of amides is 1. The first kappa shape index (κ1) is 13.8. The van der Waals surface area contributed by atoms with Crippen LogP contribution in [0.25, 0.3) is 0 Å². The van der Waals surface area contributed by atoms with E-state index in [1.54, 1.807) is 7.11 Å². The molecule has 0 aromatic rings. The summed E-state index contributed by atoms with van der Waals surface area (Å²) in [5.74, 6) is 0.830. The number of likely N-dealkylation sites (tertiary alicyclic amines) is 1. The first-order valence-electron chi connectivity index (χ1n) is 7.24. The minimum absolute atomic E-state index is 0.0510. The fourth-order valence-corrected chi connectivity index (χ4v) is 3.19. The SMILES string of the molecule is COCC1CCCN(C(=O)C2CCCC(C)N2)C1. The molecule has 0 aromatic carbocycles. The van der Waals surface area contributed by atoms with Crippen molar-refractivity contribution in [3.05, 3.63) is 0 Å². The van der Waals surface area contributed by atoms with Gasteiger partial charge in [0, 0.05) is 26.2 Å². The highest BCUT2D eigenvalue weighted by atomic mass is 16.5. The summed E-state index contributed by atoms with van der Waals surface area (Å²) in [4.78, 5) is 14.5. The third-order valence-corrected chi connectivity index (χ3v) is 4.15. The Morgan fingerprint density at radius 1 is 1.33 bits per heavy atom. The maximum Gasteiger partial charge on any atom is 0.239 e. The molecule has 4 nitrogen and oxygen atoms in total. The number of nitrogens with one attached hydrogen (secondary N) is 1. The lowest BCUT2D eigenvalue weighted by atomic mass is 9.95. The molecule has 104 valence electrons. The lowest BCUT2D eigenvalue weighted by Crippen LogP contribution is -2.53. The minimum atomic E-state index is 0.0510. The summed E-state index contributed by atoms with van der Waals surface area (Å²) in [6.45, 7) is 4.74. The fourth-order valence-electron chi connectivity index (χ4n) is 3.19. The van der Waals surface area contributed by atoms with E-state index in [0.29, 0.717) is 17.9 Å². The molecule has 0 saturated carbocycles. The van der Waals surface area contributed by atoms with Gasteiger partial charge in [0.05, 0.1) is 12.6 Å². The maximum absolute atomic E-state index is 12.5. The van der Waals surface area contributed by atoms with Crippen LogP contribution in [0.5, 0.6) is 0 Å². The monoisotopic (exact) mass is 254 g/mol. The molecule has 2 heterocycles. The van der Waals surface area contributed by atoms with Gasteiger partial charge < -0.3 is 15.0 Å². The first-order chi connectivity index (χ1) is 8.70. The van der Waals surface area contributed by atoms with Crippen molar-refractivity contribution in [2.75, 3.05) is 26.8 Å². The maximum atomic E-state index is 12.5. The molecule has 0 radical (unpaired) electrons. The van der Waals surface area contributed by atoms with Crippen LogP contribution in [0, 0.1) is 5.92 Å². The number of carbonyl (C=O) groups is 1. The highest BCUT2D eigenvalue weighted by molar-refractivity contribution is 5.82. The quantitative estimate of drug-likeness (QED) is 0.828. The van der Waals surface area contributed by atoms with Crippen molar-refractivity contribution in [2.45, 2.75) is 51.1 Å². The summed E-state index contributed by atoms with van der Waals surface area (Å²) in [6.07, 6.45) is 5.65. The van der Waals surface area contributed by atoms with E-state index in [9.17, 15) is 4.79 Å². The van der Waals surface area contributed by atoms with E-state index >= 15 is 0 Å². The van der Waals surface area contributed by atoms with Crippen molar-refractivity contribution >= 4 is 5.91 Å². The van der Waals surface area contributed by atoms with Gasteiger partial charge in [-0.25, -0.2) is 0 Å². The molecule has 3 unspecified atom stereocenters. The second-order valence-corrected chi connectivity index (χ2v) is 5.80. The van der Waals surface area contributed by atoms with Crippen LogP contribution >= 0.6 is 0 Å². The zero-order valence-electron chi connectivity index (χ0n) is 11.7. The summed E-state index contributed by atoms with van der Waals surface area (Å²) in [7, 11) is 1.74. The Morgan fingerprint density at radius 2 is 2.17 bits per heavy atom. The molecule has 3 atom stereocenters. The molecule has 0 aliphatic carbocycles. The molecule has 2 fully saturated rings. The average Bonchev–Trinajstić information content (AvgIpc) is 2.39. The minimum Gasteiger partial charge on any atom is -0.384 e. The molecule has 2 saturated heterocycles. The normalized spacial score (nSPS) is 33.4. The van der Waals surface area contributed by atoms with Gasteiger partial charge in [0.25, 0.3) is 0 Å². The molecular weight excluding hydrogens is 228 g/mol. The molecule has 1 amide bonds. The highest BCUT2D eigenvalue weighted by Crippen LogP contribution is 2.20. The van der Waals surface area contributed by atoms with Crippen LogP contribution in [-0.4, -0.2) is 49.7 Å². The Bertz CT molecular complexity index is 281. The Morgan fingerprint density at radius 3 is 2.89 bits per heavy atom. The fraction of sp³-hybridized carbons (Fsp3) is 0.929. The number of nitrogens with zero attached hydrogens (tertiary/aromatic N) is 1. The number of hydrogen-bond acceptors (Lipinski definition) is 3. The number of rotatable bonds is 3. The Hall–Kier alpha value is -0.610. The molecule has 0 spiro atoms. The molecule has 2 aliphatic rings. The molecule has 0 aromatic heterocycles. The molecule has 0 bridgehead atoms. The zero-order chi connectivity index (χ0) is 13.0. The Balaban J connectivity index is 1.87. The number of ether oxygens (including phenoxy) is 1. The third-order valence-electron chi connectivity index (χ3n) is 4.15. The lowest BCUT2D eigenvalue weighted by Gasteiger charge is -2.37. The van der Waals surface area contributed by atoms with Crippen LogP contribution in [0.1, 0.15) is 39.0 Å². The molecule has 4 heteroatoms. The van der Waals surface area contributed by atoms with Crippen LogP contribution in [0.3, 0.4) is 0 Å². The first-order valence-corrected chi connectivity index (χ1v) is 7.24. The van der Waals surface area contributed by atoms with Gasteiger partial charge in [0.15, 0.2) is 0 Å². The standard InChI is InChI=1S/C14H26N2O2/c1-11-5-3-7-13(15-11)14(17)16-8-4-6-12(9-16)10-18-2/h11-13,15H,3-10H2,1-2H3. The third kappa shape index (κ3) is 3.45. The van der Waals surface area contributed by atoms with Gasteiger partial charge in [-0.1, -0.05) is 0 Å². The van der Waals surface area contributed by atoms with Crippen LogP contribution in [0.2, 0.25) is 0 Å². The summed E-state index contributed by atoms with van der Waals surface area (Å²) in [6, 6.07) is 0.530. The van der Waals surface area contributed by atoms with Crippen molar-refractivity contribution in [1.82, 2.24) is 10.2 Å². The number of piperidine rings is 2. The van der Waals surface area contributed by atoms with Crippen molar-refractivity contribution in [3.63, 3.8) is 0 Å². The van der Waals surface area contributed by atoms with Crippen molar-refractivity contribution in [1.29, 1.82) is 0 Å². The smallest absolute Gasteiger partial charge is 0.239 e. The average molecular weight is 254 g/mol. The molecule has 1 N–H and O–H groups in total. The molecule has 18 heavy (non-hydrogen) atoms. The summed E-state index contributed by atoms with van der Waals surface area (Å²) >= 11 is 0. The van der Waals surface area contributed by atoms with Gasteiger partial charge in [-0.15, -0.1) is 0 Å². The van der Waals surface area contributed by atoms with Crippen LogP contribution in [0.15, 0.2) is 0 Å². The van der Waals surface area contributed by atoms with Gasteiger partial charge in [-0.05, 0) is 44.9 Å². The zero-order valence-corrected chi connectivity index (χ0v) is 11.7. The molecular formula is C14H26N2O2. The molecule has 2 rings (SSSR count). The van der Waals surface area contributed by atoms with Gasteiger partial charge in [-0.3, -0.25) is 4.79 Å². The van der Waals surface area contributed by atoms with E-state index < -0.39 is 0 Å². The molecule has 2 aliphatic heterocycles. The van der Waals surface area contributed by atoms with Gasteiger partial charge in [0.2, 0.25) is 5.91 Å². The predicted octanol–water partition coefficient (Wildman–Crippen LogP) is 1.40. The lowest BCUT2D eigenvalue weighted by molar-refractivity contribution is -0.136. The highest BCUT2D eigenvalue weighted by Gasteiger charge is 2.30. The van der Waals surface area contributed by atoms with E-state index in [1.807, 2.05) is 4.90 Å². The van der Waals surface area contributed by atoms with Crippen molar-refractivity contribution in [3.8, 4) is 0 Å².